The Balaban J connectivity index is 2.12. The SMILES string of the molecule is Cc1ccc(C(=O)N2CCC(C(N)=O)C2)cc1O. The van der Waals surface area contributed by atoms with E-state index in [0.717, 1.165) is 5.56 Å². The average Bonchev–Trinajstić information content (AvgIpc) is 2.81. The number of aryl methyl sites for hydroxylation is 1. The van der Waals surface area contributed by atoms with E-state index in [9.17, 15) is 14.7 Å². The number of primary amides is 1. The third-order valence-corrected chi connectivity index (χ3v) is 3.33. The minimum Gasteiger partial charge on any atom is -0.508 e. The summed E-state index contributed by atoms with van der Waals surface area (Å²) in [6, 6.07) is 4.83. The van der Waals surface area contributed by atoms with Crippen molar-refractivity contribution in [3.8, 4) is 5.75 Å². The van der Waals surface area contributed by atoms with E-state index in [0.29, 0.717) is 25.1 Å². The number of phenolic OH excluding ortho intramolecular Hbond substituents is 1. The molecule has 3 N–H and O–H groups in total. The fourth-order valence-electron chi connectivity index (χ4n) is 2.10. The maximum Gasteiger partial charge on any atom is 0.254 e. The summed E-state index contributed by atoms with van der Waals surface area (Å²) in [5, 5.41) is 9.59. The van der Waals surface area contributed by atoms with Gasteiger partial charge in [-0.2, -0.15) is 0 Å². The second-order valence-electron chi connectivity index (χ2n) is 4.64. The fraction of sp³-hybridized carbons (Fsp3) is 0.385. The smallest absolute Gasteiger partial charge is 0.254 e. The molecule has 1 heterocycles. The molecule has 1 unspecified atom stereocenters. The van der Waals surface area contributed by atoms with Crippen LogP contribution in [0, 0.1) is 12.8 Å². The zero-order valence-electron chi connectivity index (χ0n) is 10.2. The van der Waals surface area contributed by atoms with Crippen LogP contribution in [0.25, 0.3) is 0 Å². The number of carbonyl (C=O) groups is 2. The molecule has 0 spiro atoms. The molecule has 18 heavy (non-hydrogen) atoms. The minimum absolute atomic E-state index is 0.103. The van der Waals surface area contributed by atoms with Gasteiger partial charge in [0, 0.05) is 18.7 Å². The number of hydrogen-bond acceptors (Lipinski definition) is 3. The van der Waals surface area contributed by atoms with Gasteiger partial charge in [0.1, 0.15) is 5.75 Å². The Kier molecular flexibility index (Phi) is 3.23. The topological polar surface area (TPSA) is 83.6 Å². The maximum atomic E-state index is 12.1. The standard InChI is InChI=1S/C13H16N2O3/c1-8-2-3-9(6-11(8)16)13(18)15-5-4-10(7-15)12(14)17/h2-3,6,10,16H,4-5,7H2,1H3,(H2,14,17). The Hall–Kier alpha value is -2.04. The van der Waals surface area contributed by atoms with Crippen molar-refractivity contribution in [2.24, 2.45) is 11.7 Å². The quantitative estimate of drug-likeness (QED) is 0.806. The molecule has 1 atom stereocenters. The molecule has 1 saturated heterocycles. The van der Waals surface area contributed by atoms with Gasteiger partial charge in [0.25, 0.3) is 5.91 Å². The highest BCUT2D eigenvalue weighted by Gasteiger charge is 2.30. The van der Waals surface area contributed by atoms with Crippen molar-refractivity contribution >= 4 is 11.8 Å². The first-order valence-corrected chi connectivity index (χ1v) is 5.87. The van der Waals surface area contributed by atoms with Crippen molar-refractivity contribution in [3.05, 3.63) is 29.3 Å². The summed E-state index contributed by atoms with van der Waals surface area (Å²) in [6.45, 7) is 2.66. The molecule has 5 nitrogen and oxygen atoms in total. The molecule has 1 aromatic carbocycles. The van der Waals surface area contributed by atoms with Crippen LogP contribution in [0.15, 0.2) is 18.2 Å². The lowest BCUT2D eigenvalue weighted by Gasteiger charge is -2.16. The molecule has 0 saturated carbocycles. The van der Waals surface area contributed by atoms with E-state index in [1.807, 2.05) is 0 Å². The average molecular weight is 248 g/mol. The summed E-state index contributed by atoms with van der Waals surface area (Å²) in [5.74, 6) is -0.689. The molecule has 0 aliphatic carbocycles. The lowest BCUT2D eigenvalue weighted by Crippen LogP contribution is -2.31. The summed E-state index contributed by atoms with van der Waals surface area (Å²) in [7, 11) is 0. The van der Waals surface area contributed by atoms with Crippen molar-refractivity contribution in [1.82, 2.24) is 4.90 Å². The molecule has 1 aliphatic rings. The number of carbonyl (C=O) groups excluding carboxylic acids is 2. The van der Waals surface area contributed by atoms with Crippen LogP contribution in [0.3, 0.4) is 0 Å². The van der Waals surface area contributed by atoms with E-state index < -0.39 is 0 Å². The van der Waals surface area contributed by atoms with Crippen molar-refractivity contribution < 1.29 is 14.7 Å². The van der Waals surface area contributed by atoms with Gasteiger partial charge in [-0.1, -0.05) is 6.07 Å². The van der Waals surface area contributed by atoms with Crippen molar-refractivity contribution in [3.63, 3.8) is 0 Å². The number of rotatable bonds is 2. The van der Waals surface area contributed by atoms with Crippen LogP contribution in [0.5, 0.6) is 5.75 Å². The third kappa shape index (κ3) is 2.30. The Labute approximate surface area is 105 Å². The van der Waals surface area contributed by atoms with Gasteiger partial charge in [0.15, 0.2) is 0 Å². The summed E-state index contributed by atoms with van der Waals surface area (Å²) in [6.07, 6.45) is 0.610. The van der Waals surface area contributed by atoms with Crippen LogP contribution < -0.4 is 5.73 Å². The highest BCUT2D eigenvalue weighted by molar-refractivity contribution is 5.95. The van der Waals surface area contributed by atoms with E-state index in [1.54, 1.807) is 24.0 Å². The van der Waals surface area contributed by atoms with Crippen molar-refractivity contribution in [1.29, 1.82) is 0 Å². The molecule has 1 aromatic rings. The van der Waals surface area contributed by atoms with Gasteiger partial charge in [-0.25, -0.2) is 0 Å². The molecule has 2 rings (SSSR count). The van der Waals surface area contributed by atoms with Crippen LogP contribution >= 0.6 is 0 Å². The van der Waals surface area contributed by atoms with E-state index in [2.05, 4.69) is 0 Å². The summed E-state index contributed by atoms with van der Waals surface area (Å²) in [5.41, 5.74) is 6.38. The normalized spacial score (nSPS) is 18.9. The summed E-state index contributed by atoms with van der Waals surface area (Å²) in [4.78, 5) is 24.8. The third-order valence-electron chi connectivity index (χ3n) is 3.33. The number of aromatic hydroxyl groups is 1. The molecule has 2 amide bonds. The second-order valence-corrected chi connectivity index (χ2v) is 4.64. The van der Waals surface area contributed by atoms with Crippen LogP contribution in [0.4, 0.5) is 0 Å². The van der Waals surface area contributed by atoms with Crippen LogP contribution in [0.1, 0.15) is 22.3 Å². The molecule has 5 heteroatoms. The summed E-state index contributed by atoms with van der Waals surface area (Å²) < 4.78 is 0. The predicted molar refractivity (Wildman–Crippen MR) is 66.0 cm³/mol. The number of amides is 2. The van der Waals surface area contributed by atoms with Crippen LogP contribution in [-0.4, -0.2) is 34.9 Å². The highest BCUT2D eigenvalue weighted by atomic mass is 16.3. The molecule has 0 aromatic heterocycles. The maximum absolute atomic E-state index is 12.1. The molecular formula is C13H16N2O3. The van der Waals surface area contributed by atoms with Gasteiger partial charge in [-0.15, -0.1) is 0 Å². The largest absolute Gasteiger partial charge is 0.508 e. The zero-order chi connectivity index (χ0) is 13.3. The van der Waals surface area contributed by atoms with Gasteiger partial charge in [-0.3, -0.25) is 9.59 Å². The van der Waals surface area contributed by atoms with Gasteiger partial charge >= 0.3 is 0 Å². The zero-order valence-corrected chi connectivity index (χ0v) is 10.2. The van der Waals surface area contributed by atoms with Crippen LogP contribution in [0.2, 0.25) is 0 Å². The van der Waals surface area contributed by atoms with Crippen LogP contribution in [-0.2, 0) is 4.79 Å². The van der Waals surface area contributed by atoms with Crippen molar-refractivity contribution in [2.45, 2.75) is 13.3 Å². The van der Waals surface area contributed by atoms with Gasteiger partial charge in [0.05, 0.1) is 5.92 Å². The van der Waals surface area contributed by atoms with E-state index in [4.69, 9.17) is 5.73 Å². The minimum atomic E-state index is -0.364. The molecule has 96 valence electrons. The van der Waals surface area contributed by atoms with Gasteiger partial charge in [0.2, 0.25) is 5.91 Å². The predicted octanol–water partition coefficient (Wildman–Crippen LogP) is 0.648. The molecule has 1 aliphatic heterocycles. The molecule has 0 radical (unpaired) electrons. The van der Waals surface area contributed by atoms with Gasteiger partial charge < -0.3 is 15.7 Å². The number of likely N-dealkylation sites (tertiary alicyclic amines) is 1. The summed E-state index contributed by atoms with van der Waals surface area (Å²) >= 11 is 0. The first kappa shape index (κ1) is 12.4. The Morgan fingerprint density at radius 3 is 2.72 bits per heavy atom. The Bertz CT molecular complexity index is 499. The first-order valence-electron chi connectivity index (χ1n) is 5.87. The second kappa shape index (κ2) is 4.68. The van der Waals surface area contributed by atoms with Gasteiger partial charge in [-0.05, 0) is 31.0 Å². The molecule has 0 bridgehead atoms. The highest BCUT2D eigenvalue weighted by Crippen LogP contribution is 2.22. The van der Waals surface area contributed by atoms with Crippen molar-refractivity contribution in [2.75, 3.05) is 13.1 Å². The number of nitrogens with two attached hydrogens (primary N) is 1. The Morgan fingerprint density at radius 1 is 1.44 bits per heavy atom. The van der Waals surface area contributed by atoms with E-state index >= 15 is 0 Å². The first-order chi connectivity index (χ1) is 8.49. The van der Waals surface area contributed by atoms with E-state index in [1.165, 1.54) is 6.07 Å². The lowest BCUT2D eigenvalue weighted by atomic mass is 10.1. The number of benzene rings is 1. The molecule has 1 fully saturated rings. The number of nitrogens with zero attached hydrogens (tertiary/aromatic N) is 1. The fourth-order valence-corrected chi connectivity index (χ4v) is 2.10. The number of hydrogen-bond donors (Lipinski definition) is 2. The monoisotopic (exact) mass is 248 g/mol. The number of phenols is 1. The Morgan fingerprint density at radius 2 is 2.17 bits per heavy atom. The molecular weight excluding hydrogens is 232 g/mol. The lowest BCUT2D eigenvalue weighted by molar-refractivity contribution is -0.121. The van der Waals surface area contributed by atoms with E-state index in [-0.39, 0.29) is 23.5 Å².